The van der Waals surface area contributed by atoms with Crippen molar-refractivity contribution in [3.63, 3.8) is 0 Å². The van der Waals surface area contributed by atoms with Crippen molar-refractivity contribution in [3.8, 4) is 33.4 Å². The van der Waals surface area contributed by atoms with Crippen molar-refractivity contribution in [1.82, 2.24) is 0 Å². The van der Waals surface area contributed by atoms with Crippen molar-refractivity contribution in [2.75, 3.05) is 0 Å². The van der Waals surface area contributed by atoms with Crippen LogP contribution in [0.5, 0.6) is 0 Å². The second-order valence-electron chi connectivity index (χ2n) is 11.2. The zero-order valence-electron chi connectivity index (χ0n) is 25.9. The van der Waals surface area contributed by atoms with Crippen molar-refractivity contribution in [1.29, 1.82) is 0 Å². The van der Waals surface area contributed by atoms with E-state index in [0.717, 1.165) is 33.4 Å². The van der Waals surface area contributed by atoms with Gasteiger partial charge in [0, 0.05) is 0 Å². The molecular formula is C45H36. The number of benzene rings is 6. The Morgan fingerprint density at radius 1 is 0.578 bits per heavy atom. The number of allylic oxidation sites excluding steroid dienone is 7. The van der Waals surface area contributed by atoms with Crippen LogP contribution in [0.15, 0.2) is 177 Å². The summed E-state index contributed by atoms with van der Waals surface area (Å²) in [4.78, 5) is 0. The summed E-state index contributed by atoms with van der Waals surface area (Å²) in [7, 11) is 0. The maximum atomic E-state index is 4.33. The Kier molecular flexibility index (Phi) is 8.70. The molecule has 45 heavy (non-hydrogen) atoms. The summed E-state index contributed by atoms with van der Waals surface area (Å²) in [5.74, 6) is 0. The maximum Gasteiger partial charge on any atom is -0.0105 e. The molecule has 0 aliphatic carbocycles. The highest BCUT2D eigenvalue weighted by molar-refractivity contribution is 6.08. The third-order valence-electron chi connectivity index (χ3n) is 8.22. The molecule has 0 saturated carbocycles. The van der Waals surface area contributed by atoms with Crippen LogP contribution in [0.1, 0.15) is 25.0 Å². The van der Waals surface area contributed by atoms with E-state index in [9.17, 15) is 0 Å². The molecule has 0 heterocycles. The Morgan fingerprint density at radius 3 is 1.89 bits per heavy atom. The van der Waals surface area contributed by atoms with Crippen molar-refractivity contribution >= 4 is 32.7 Å². The molecule has 0 unspecified atom stereocenters. The van der Waals surface area contributed by atoms with Crippen molar-refractivity contribution < 1.29 is 0 Å². The lowest BCUT2D eigenvalue weighted by Gasteiger charge is -2.13. The fourth-order valence-electron chi connectivity index (χ4n) is 5.91. The Hall–Kier alpha value is -5.68. The summed E-state index contributed by atoms with van der Waals surface area (Å²) in [6.07, 6.45) is 11.8. The molecule has 0 atom stereocenters. The van der Waals surface area contributed by atoms with E-state index < -0.39 is 0 Å². The highest BCUT2D eigenvalue weighted by Gasteiger charge is 2.10. The van der Waals surface area contributed by atoms with Gasteiger partial charge in [0.2, 0.25) is 0 Å². The number of rotatable bonds is 8. The number of fused-ring (bicyclic) bond motifs is 3. The first-order valence-electron chi connectivity index (χ1n) is 15.4. The van der Waals surface area contributed by atoms with Gasteiger partial charge in [-0.2, -0.15) is 0 Å². The molecule has 0 heteroatoms. The fourth-order valence-corrected chi connectivity index (χ4v) is 5.91. The predicted molar refractivity (Wildman–Crippen MR) is 198 cm³/mol. The standard InChI is InChI=1S/C45H36/c1-5-8-9-15-33(7-3)42-29-41(32(4)14-6-2)30-43(31-42)38-20-13-18-36(27-38)35-17-12-19-37(26-35)39-24-25-45-40(28-39)23-22-34-16-10-11-21-44(34)45/h5-7,9-31H,3-4H2,1-2H3/b14-6-,33-15+. The van der Waals surface area contributed by atoms with Crippen LogP contribution >= 0.6 is 0 Å². The molecule has 6 aromatic rings. The summed E-state index contributed by atoms with van der Waals surface area (Å²) >= 11 is 0. The van der Waals surface area contributed by atoms with Gasteiger partial charge in [-0.25, -0.2) is 0 Å². The average molecular weight is 577 g/mol. The molecule has 0 radical (unpaired) electrons. The molecule has 0 fully saturated rings. The van der Waals surface area contributed by atoms with Crippen LogP contribution in [0.2, 0.25) is 0 Å². The van der Waals surface area contributed by atoms with Gasteiger partial charge in [0.05, 0.1) is 0 Å². The number of hydrogen-bond donors (Lipinski definition) is 0. The summed E-state index contributed by atoms with van der Waals surface area (Å²) < 4.78 is 0. The van der Waals surface area contributed by atoms with Crippen molar-refractivity contribution in [3.05, 3.63) is 188 Å². The van der Waals surface area contributed by atoms with E-state index in [4.69, 9.17) is 0 Å². The van der Waals surface area contributed by atoms with Crippen molar-refractivity contribution in [2.45, 2.75) is 13.8 Å². The molecule has 0 saturated heterocycles. The first kappa shape index (κ1) is 29.4. The summed E-state index contributed by atoms with van der Waals surface area (Å²) in [5.41, 5.74) is 14.4. The van der Waals surface area contributed by atoms with Crippen LogP contribution in [-0.2, 0) is 0 Å². The van der Waals surface area contributed by atoms with Gasteiger partial charge in [-0.1, -0.05) is 116 Å². The van der Waals surface area contributed by atoms with Crippen LogP contribution in [-0.4, -0.2) is 0 Å². The van der Waals surface area contributed by atoms with Crippen LogP contribution in [0.3, 0.4) is 0 Å². The van der Waals surface area contributed by atoms with Gasteiger partial charge in [-0.3, -0.25) is 0 Å². The van der Waals surface area contributed by atoms with Crippen LogP contribution in [0.25, 0.3) is 66.1 Å². The molecule has 0 aliphatic rings. The highest BCUT2D eigenvalue weighted by atomic mass is 14.1. The zero-order valence-corrected chi connectivity index (χ0v) is 25.9. The topological polar surface area (TPSA) is 0 Å². The molecule has 6 aromatic carbocycles. The molecule has 0 aromatic heterocycles. The largest absolute Gasteiger partial charge is 0.125 e. The van der Waals surface area contributed by atoms with E-state index in [1.165, 1.54) is 43.8 Å². The zero-order chi connectivity index (χ0) is 31.2. The molecule has 0 aliphatic heterocycles. The number of hydrogen-bond acceptors (Lipinski definition) is 0. The lowest BCUT2D eigenvalue weighted by Crippen LogP contribution is -1.90. The Morgan fingerprint density at radius 2 is 1.20 bits per heavy atom. The Labute approximate surface area is 267 Å². The van der Waals surface area contributed by atoms with Gasteiger partial charge in [0.1, 0.15) is 0 Å². The summed E-state index contributed by atoms with van der Waals surface area (Å²) in [5, 5.41) is 5.10. The van der Waals surface area contributed by atoms with Gasteiger partial charge in [0.25, 0.3) is 0 Å². The van der Waals surface area contributed by atoms with E-state index in [1.807, 2.05) is 44.2 Å². The summed E-state index contributed by atoms with van der Waals surface area (Å²) in [6.45, 7) is 12.4. The third kappa shape index (κ3) is 6.34. The minimum Gasteiger partial charge on any atom is -0.125 e. The minimum absolute atomic E-state index is 0.972. The molecule has 0 spiro atoms. The van der Waals surface area contributed by atoms with Gasteiger partial charge in [0.15, 0.2) is 0 Å². The first-order chi connectivity index (χ1) is 22.1. The van der Waals surface area contributed by atoms with Crippen LogP contribution < -0.4 is 0 Å². The van der Waals surface area contributed by atoms with Crippen LogP contribution in [0, 0.1) is 0 Å². The first-order valence-corrected chi connectivity index (χ1v) is 15.4. The smallest absolute Gasteiger partial charge is 0.0105 e. The fraction of sp³-hybridized carbons (Fsp3) is 0.0444. The van der Waals surface area contributed by atoms with E-state index in [0.29, 0.717) is 0 Å². The summed E-state index contributed by atoms with van der Waals surface area (Å²) in [6, 6.07) is 44.1. The molecule has 0 N–H and O–H groups in total. The van der Waals surface area contributed by atoms with Gasteiger partial charge >= 0.3 is 0 Å². The van der Waals surface area contributed by atoms with E-state index >= 15 is 0 Å². The quantitative estimate of drug-likeness (QED) is 0.0960. The van der Waals surface area contributed by atoms with Gasteiger partial charge < -0.3 is 0 Å². The third-order valence-corrected chi connectivity index (χ3v) is 8.22. The predicted octanol–water partition coefficient (Wildman–Crippen LogP) is 12.9. The second kappa shape index (κ2) is 13.3. The van der Waals surface area contributed by atoms with E-state index in [-0.39, 0.29) is 0 Å². The molecular weight excluding hydrogens is 540 g/mol. The maximum absolute atomic E-state index is 4.33. The van der Waals surface area contributed by atoms with Crippen LogP contribution in [0.4, 0.5) is 0 Å². The van der Waals surface area contributed by atoms with E-state index in [1.54, 1.807) is 0 Å². The molecule has 0 amide bonds. The molecule has 0 nitrogen and oxygen atoms in total. The highest BCUT2D eigenvalue weighted by Crippen LogP contribution is 2.34. The second-order valence-corrected chi connectivity index (χ2v) is 11.2. The normalized spacial score (nSPS) is 11.5. The molecule has 6 rings (SSSR count). The monoisotopic (exact) mass is 576 g/mol. The Bertz CT molecular complexity index is 2190. The van der Waals surface area contributed by atoms with Crippen molar-refractivity contribution in [2.24, 2.45) is 0 Å². The van der Waals surface area contributed by atoms with Gasteiger partial charge in [-0.05, 0) is 146 Å². The lowest BCUT2D eigenvalue weighted by molar-refractivity contribution is 1.53. The SMILES string of the molecule is C=C/C(=C\C=C=CC)c1cc(C(=C)/C=C\C)cc(-c2cccc(-c3cccc(-c4ccc5c(ccc6ccccc65)c4)c3)c2)c1. The average Bonchev–Trinajstić information content (AvgIpc) is 3.10. The molecule has 0 bridgehead atoms. The Balaban J connectivity index is 1.40. The lowest BCUT2D eigenvalue weighted by atomic mass is 9.91. The van der Waals surface area contributed by atoms with E-state index in [2.05, 4.69) is 146 Å². The molecule has 216 valence electrons. The minimum atomic E-state index is 0.972. The van der Waals surface area contributed by atoms with Gasteiger partial charge in [-0.15, -0.1) is 5.73 Å².